The molecule has 0 bridgehead atoms. The number of benzene rings is 2. The minimum absolute atomic E-state index is 0.0558. The molecule has 4 atom stereocenters. The average molecular weight is 447 g/mol. The van der Waals surface area contributed by atoms with Gasteiger partial charge in [0.25, 0.3) is 5.69 Å². The first-order valence-corrected chi connectivity index (χ1v) is 9.43. The van der Waals surface area contributed by atoms with Crippen LogP contribution in [0.2, 0.25) is 0 Å². The summed E-state index contributed by atoms with van der Waals surface area (Å²) >= 11 is 0. The summed E-state index contributed by atoms with van der Waals surface area (Å²) in [5.41, 5.74) is 0.406. The SMILES string of the molecule is COc1cc(C=CC(=O)OC2C(Oc3ccc([N+](=O)[O-])cc3)OC(CO)C2O)ccc1O. The Kier molecular flexibility index (Phi) is 7.25. The number of aliphatic hydroxyl groups excluding tert-OH is 2. The second-order valence-corrected chi connectivity index (χ2v) is 6.75. The Morgan fingerprint density at radius 2 is 1.97 bits per heavy atom. The van der Waals surface area contributed by atoms with Crippen molar-refractivity contribution in [3.05, 3.63) is 64.2 Å². The molecule has 1 fully saturated rings. The first-order valence-electron chi connectivity index (χ1n) is 9.43. The van der Waals surface area contributed by atoms with Crippen molar-refractivity contribution in [2.45, 2.75) is 24.6 Å². The monoisotopic (exact) mass is 447 g/mol. The van der Waals surface area contributed by atoms with E-state index in [4.69, 9.17) is 18.9 Å². The van der Waals surface area contributed by atoms with Gasteiger partial charge >= 0.3 is 5.97 Å². The quantitative estimate of drug-likeness (QED) is 0.234. The van der Waals surface area contributed by atoms with Crippen molar-refractivity contribution < 1.29 is 44.0 Å². The second-order valence-electron chi connectivity index (χ2n) is 6.75. The maximum absolute atomic E-state index is 12.3. The molecule has 3 rings (SSSR count). The normalized spacial score (nSPS) is 22.6. The number of aliphatic hydroxyl groups is 2. The van der Waals surface area contributed by atoms with Gasteiger partial charge in [-0.25, -0.2) is 4.79 Å². The fourth-order valence-electron chi connectivity index (χ4n) is 2.99. The van der Waals surface area contributed by atoms with Crippen molar-refractivity contribution in [3.63, 3.8) is 0 Å². The number of non-ortho nitro benzene ring substituents is 1. The first-order chi connectivity index (χ1) is 15.3. The van der Waals surface area contributed by atoms with Crippen molar-refractivity contribution in [2.24, 2.45) is 0 Å². The predicted octanol–water partition coefficient (Wildman–Crippen LogP) is 1.39. The summed E-state index contributed by atoms with van der Waals surface area (Å²) in [6.07, 6.45) is -2.42. The van der Waals surface area contributed by atoms with Gasteiger partial charge in [0.05, 0.1) is 18.6 Å². The van der Waals surface area contributed by atoms with Crippen LogP contribution in [0, 0.1) is 10.1 Å². The van der Waals surface area contributed by atoms with Gasteiger partial charge in [-0.1, -0.05) is 6.07 Å². The van der Waals surface area contributed by atoms with Crippen LogP contribution in [0.1, 0.15) is 5.56 Å². The number of nitrogens with zero attached hydrogens (tertiary/aromatic N) is 1. The van der Waals surface area contributed by atoms with Gasteiger partial charge in [0.15, 0.2) is 17.6 Å². The number of ether oxygens (including phenoxy) is 4. The summed E-state index contributed by atoms with van der Waals surface area (Å²) < 4.78 is 21.3. The largest absolute Gasteiger partial charge is 0.504 e. The van der Waals surface area contributed by atoms with Crippen molar-refractivity contribution in [2.75, 3.05) is 13.7 Å². The highest BCUT2D eigenvalue weighted by molar-refractivity contribution is 5.87. The molecule has 1 aliphatic heterocycles. The van der Waals surface area contributed by atoms with Crippen LogP contribution in [0.4, 0.5) is 5.69 Å². The van der Waals surface area contributed by atoms with Gasteiger partial charge < -0.3 is 34.3 Å². The van der Waals surface area contributed by atoms with E-state index >= 15 is 0 Å². The molecule has 1 aliphatic rings. The van der Waals surface area contributed by atoms with Gasteiger partial charge in [-0.3, -0.25) is 10.1 Å². The van der Waals surface area contributed by atoms with Gasteiger partial charge in [0.1, 0.15) is 18.0 Å². The topological polar surface area (TPSA) is 158 Å². The number of methoxy groups -OCH3 is 1. The van der Waals surface area contributed by atoms with E-state index in [0.29, 0.717) is 5.56 Å². The number of hydrogen-bond acceptors (Lipinski definition) is 10. The molecule has 4 unspecified atom stereocenters. The Morgan fingerprint density at radius 3 is 2.59 bits per heavy atom. The maximum atomic E-state index is 12.3. The third kappa shape index (κ3) is 5.32. The number of rotatable bonds is 8. The van der Waals surface area contributed by atoms with Crippen molar-refractivity contribution in [1.29, 1.82) is 0 Å². The molecule has 11 nitrogen and oxygen atoms in total. The third-order valence-electron chi connectivity index (χ3n) is 4.64. The molecule has 2 aromatic carbocycles. The molecule has 3 N–H and O–H groups in total. The van der Waals surface area contributed by atoms with E-state index in [0.717, 1.165) is 6.08 Å². The summed E-state index contributed by atoms with van der Waals surface area (Å²) in [5, 5.41) is 40.1. The summed E-state index contributed by atoms with van der Waals surface area (Å²) in [6.45, 7) is -0.543. The highest BCUT2D eigenvalue weighted by atomic mass is 16.7. The fourth-order valence-corrected chi connectivity index (χ4v) is 2.99. The summed E-state index contributed by atoms with van der Waals surface area (Å²) in [4.78, 5) is 22.5. The number of phenolic OH excluding ortho intramolecular Hbond substituents is 1. The van der Waals surface area contributed by atoms with Crippen LogP contribution in [-0.4, -0.2) is 64.5 Å². The van der Waals surface area contributed by atoms with E-state index in [9.17, 15) is 30.2 Å². The standard InChI is InChI=1S/C21H21NO10/c1-29-16-10-12(2-8-15(16)24)3-9-18(25)32-20-19(26)17(11-23)31-21(20)30-14-6-4-13(5-7-14)22(27)28/h2-10,17,19-21,23-24,26H,11H2,1H3. The Morgan fingerprint density at radius 1 is 1.25 bits per heavy atom. The molecular weight excluding hydrogens is 426 g/mol. The fraction of sp³-hybridized carbons (Fsp3) is 0.286. The lowest BCUT2D eigenvalue weighted by atomic mass is 10.1. The number of hydrogen-bond donors (Lipinski definition) is 3. The first kappa shape index (κ1) is 23.0. The summed E-state index contributed by atoms with van der Waals surface area (Å²) in [6, 6.07) is 9.57. The predicted molar refractivity (Wildman–Crippen MR) is 109 cm³/mol. The van der Waals surface area contributed by atoms with Crippen LogP contribution in [-0.2, 0) is 14.3 Å². The van der Waals surface area contributed by atoms with Crippen LogP contribution >= 0.6 is 0 Å². The zero-order chi connectivity index (χ0) is 23.3. The van der Waals surface area contributed by atoms with E-state index in [1.807, 2.05) is 0 Å². The van der Waals surface area contributed by atoms with Crippen LogP contribution in [0.5, 0.6) is 17.2 Å². The van der Waals surface area contributed by atoms with Gasteiger partial charge in [0.2, 0.25) is 6.29 Å². The van der Waals surface area contributed by atoms with E-state index < -0.39 is 42.1 Å². The van der Waals surface area contributed by atoms with E-state index in [1.165, 1.54) is 49.6 Å². The second kappa shape index (κ2) is 10.1. The number of esters is 1. The molecule has 1 heterocycles. The zero-order valence-electron chi connectivity index (χ0n) is 16.9. The van der Waals surface area contributed by atoms with Crippen molar-refractivity contribution in [3.8, 4) is 17.2 Å². The molecule has 32 heavy (non-hydrogen) atoms. The Labute approximate surface area is 182 Å². The minimum atomic E-state index is -1.37. The third-order valence-corrected chi connectivity index (χ3v) is 4.64. The highest BCUT2D eigenvalue weighted by Crippen LogP contribution is 2.29. The van der Waals surface area contributed by atoms with Crippen LogP contribution in [0.3, 0.4) is 0 Å². The number of nitro groups is 1. The Balaban J connectivity index is 1.70. The van der Waals surface area contributed by atoms with Crippen LogP contribution in [0.15, 0.2) is 48.5 Å². The Hall–Kier alpha value is -3.67. The van der Waals surface area contributed by atoms with Crippen LogP contribution in [0.25, 0.3) is 6.08 Å². The molecule has 170 valence electrons. The van der Waals surface area contributed by atoms with E-state index in [2.05, 4.69) is 0 Å². The number of nitro benzene ring substituents is 1. The molecular formula is C21H21NO10. The molecule has 11 heteroatoms. The van der Waals surface area contributed by atoms with Crippen molar-refractivity contribution >= 4 is 17.7 Å². The van der Waals surface area contributed by atoms with E-state index in [-0.39, 0.29) is 22.9 Å². The van der Waals surface area contributed by atoms with Gasteiger partial charge in [-0.2, -0.15) is 0 Å². The number of carbonyl (C=O) groups is 1. The molecule has 0 aromatic heterocycles. The molecule has 0 amide bonds. The molecule has 2 aromatic rings. The summed E-state index contributed by atoms with van der Waals surface area (Å²) in [7, 11) is 1.39. The lowest BCUT2D eigenvalue weighted by Crippen LogP contribution is -2.39. The smallest absolute Gasteiger partial charge is 0.331 e. The van der Waals surface area contributed by atoms with Crippen LogP contribution < -0.4 is 9.47 Å². The average Bonchev–Trinajstić information content (AvgIpc) is 3.07. The lowest BCUT2D eigenvalue weighted by Gasteiger charge is -2.21. The minimum Gasteiger partial charge on any atom is -0.504 e. The molecule has 0 radical (unpaired) electrons. The number of aromatic hydroxyl groups is 1. The lowest BCUT2D eigenvalue weighted by molar-refractivity contribution is -0.384. The molecule has 0 saturated carbocycles. The Bertz CT molecular complexity index is 991. The van der Waals surface area contributed by atoms with E-state index in [1.54, 1.807) is 6.07 Å². The number of carbonyl (C=O) groups excluding carboxylic acids is 1. The zero-order valence-corrected chi connectivity index (χ0v) is 16.9. The molecule has 0 spiro atoms. The number of phenols is 1. The highest BCUT2D eigenvalue weighted by Gasteiger charge is 2.47. The molecule has 0 aliphatic carbocycles. The van der Waals surface area contributed by atoms with Gasteiger partial charge in [0, 0.05) is 18.2 Å². The maximum Gasteiger partial charge on any atom is 0.331 e. The molecule has 1 saturated heterocycles. The summed E-state index contributed by atoms with van der Waals surface area (Å²) in [5.74, 6) is -0.470. The van der Waals surface area contributed by atoms with Gasteiger partial charge in [-0.05, 0) is 35.9 Å². The van der Waals surface area contributed by atoms with Gasteiger partial charge in [-0.15, -0.1) is 0 Å². The van der Waals surface area contributed by atoms with Crippen molar-refractivity contribution in [1.82, 2.24) is 0 Å².